The highest BCUT2D eigenvalue weighted by molar-refractivity contribution is 5.76. The Morgan fingerprint density at radius 2 is 2.11 bits per heavy atom. The predicted octanol–water partition coefficient (Wildman–Crippen LogP) is 2.74. The summed E-state index contributed by atoms with van der Waals surface area (Å²) in [5.41, 5.74) is 4.14. The fraction of sp³-hybridized carbons (Fsp3) is 0.481. The molecule has 4 rings (SSSR count). The van der Waals surface area contributed by atoms with Crippen LogP contribution in [-0.4, -0.2) is 83.5 Å². The van der Waals surface area contributed by atoms with E-state index in [0.29, 0.717) is 30.4 Å². The van der Waals surface area contributed by atoms with Crippen LogP contribution in [0, 0.1) is 20.8 Å². The molecule has 1 saturated heterocycles. The van der Waals surface area contributed by atoms with E-state index in [1.54, 1.807) is 18.9 Å². The van der Waals surface area contributed by atoms with Crippen LogP contribution in [0.4, 0.5) is 5.82 Å². The summed E-state index contributed by atoms with van der Waals surface area (Å²) < 4.78 is 11.3. The molecule has 1 aromatic carbocycles. The standard InChI is InChI=1S/C27H36N6O4/c1-16-25(24-17(2)31-37-18(24)3)29-26(20-8-7-9-23(12-20)36-15-22(35)13-28-5)30-27(16)33-11-10-21(14-33)32(6)19(4)34/h7-9,12,21-22,28,35H,10-11,13-15H2,1-6H3/t21-,22?/m0/s1. The molecular formula is C27H36N6O4. The Morgan fingerprint density at radius 1 is 1.32 bits per heavy atom. The first-order chi connectivity index (χ1) is 17.7. The fourth-order valence-corrected chi connectivity index (χ4v) is 4.73. The number of nitrogens with one attached hydrogen (secondary N) is 1. The van der Waals surface area contributed by atoms with E-state index in [-0.39, 0.29) is 18.6 Å². The zero-order valence-corrected chi connectivity index (χ0v) is 22.4. The van der Waals surface area contributed by atoms with Crippen molar-refractivity contribution in [2.24, 2.45) is 0 Å². The minimum absolute atomic E-state index is 0.0556. The van der Waals surface area contributed by atoms with Gasteiger partial charge in [-0.05, 0) is 46.4 Å². The molecule has 10 heteroatoms. The molecule has 198 valence electrons. The smallest absolute Gasteiger partial charge is 0.219 e. The normalized spacial score (nSPS) is 16.2. The number of amides is 1. The summed E-state index contributed by atoms with van der Waals surface area (Å²) in [7, 11) is 3.64. The van der Waals surface area contributed by atoms with Crippen molar-refractivity contribution in [1.29, 1.82) is 0 Å². The molecule has 1 amide bonds. The lowest BCUT2D eigenvalue weighted by Gasteiger charge is -2.25. The Hall–Kier alpha value is -3.50. The third-order valence-electron chi connectivity index (χ3n) is 6.87. The van der Waals surface area contributed by atoms with E-state index in [0.717, 1.165) is 46.9 Å². The van der Waals surface area contributed by atoms with Crippen molar-refractivity contribution < 1.29 is 19.2 Å². The number of likely N-dealkylation sites (N-methyl/N-ethyl adjacent to an activating group) is 2. The van der Waals surface area contributed by atoms with Gasteiger partial charge < -0.3 is 29.5 Å². The van der Waals surface area contributed by atoms with Crippen LogP contribution in [0.3, 0.4) is 0 Å². The monoisotopic (exact) mass is 508 g/mol. The van der Waals surface area contributed by atoms with Gasteiger partial charge in [-0.1, -0.05) is 17.3 Å². The lowest BCUT2D eigenvalue weighted by Crippen LogP contribution is -2.37. The van der Waals surface area contributed by atoms with Crippen LogP contribution in [0.15, 0.2) is 28.8 Å². The van der Waals surface area contributed by atoms with Crippen molar-refractivity contribution in [3.05, 3.63) is 41.3 Å². The quantitative estimate of drug-likeness (QED) is 0.450. The highest BCUT2D eigenvalue weighted by Gasteiger charge is 2.30. The van der Waals surface area contributed by atoms with Gasteiger partial charge in [0.05, 0.1) is 23.0 Å². The number of aliphatic hydroxyl groups excluding tert-OH is 1. The number of anilines is 1. The Balaban J connectivity index is 1.74. The van der Waals surface area contributed by atoms with Crippen LogP contribution in [0.25, 0.3) is 22.6 Å². The summed E-state index contributed by atoms with van der Waals surface area (Å²) in [6, 6.07) is 7.69. The number of benzene rings is 1. The Labute approximate surface area is 217 Å². The molecule has 37 heavy (non-hydrogen) atoms. The minimum atomic E-state index is -0.613. The van der Waals surface area contributed by atoms with Crippen LogP contribution < -0.4 is 15.0 Å². The predicted molar refractivity (Wildman–Crippen MR) is 142 cm³/mol. The summed E-state index contributed by atoms with van der Waals surface area (Å²) in [5.74, 6) is 2.76. The van der Waals surface area contributed by atoms with Crippen LogP contribution in [0.1, 0.15) is 30.4 Å². The van der Waals surface area contributed by atoms with E-state index >= 15 is 0 Å². The number of nitrogens with zero attached hydrogens (tertiary/aromatic N) is 5. The SMILES string of the molecule is CNCC(O)COc1cccc(-c2nc(-c3c(C)noc3C)c(C)c(N3CC[C@H](N(C)C(C)=O)C3)n2)c1. The van der Waals surface area contributed by atoms with Crippen molar-refractivity contribution in [3.8, 4) is 28.4 Å². The van der Waals surface area contributed by atoms with Crippen LogP contribution in [-0.2, 0) is 4.79 Å². The van der Waals surface area contributed by atoms with Gasteiger partial charge in [0, 0.05) is 44.7 Å². The lowest BCUT2D eigenvalue weighted by atomic mass is 10.0. The second-order valence-electron chi connectivity index (χ2n) is 9.61. The van der Waals surface area contributed by atoms with Crippen molar-refractivity contribution in [1.82, 2.24) is 25.3 Å². The molecule has 3 aromatic rings. The molecule has 1 aliphatic heterocycles. The Morgan fingerprint density at radius 3 is 2.78 bits per heavy atom. The highest BCUT2D eigenvalue weighted by Crippen LogP contribution is 2.36. The van der Waals surface area contributed by atoms with E-state index < -0.39 is 6.10 Å². The summed E-state index contributed by atoms with van der Waals surface area (Å²) in [4.78, 5) is 26.0. The van der Waals surface area contributed by atoms with Gasteiger partial charge in [0.15, 0.2) is 5.82 Å². The highest BCUT2D eigenvalue weighted by atomic mass is 16.5. The van der Waals surface area contributed by atoms with Gasteiger partial charge in [-0.15, -0.1) is 0 Å². The second kappa shape index (κ2) is 11.3. The minimum Gasteiger partial charge on any atom is -0.491 e. The molecule has 0 bridgehead atoms. The third-order valence-corrected chi connectivity index (χ3v) is 6.87. The molecule has 2 atom stereocenters. The number of rotatable bonds is 9. The van der Waals surface area contributed by atoms with E-state index in [4.69, 9.17) is 19.2 Å². The second-order valence-corrected chi connectivity index (χ2v) is 9.61. The van der Waals surface area contributed by atoms with E-state index in [2.05, 4.69) is 15.4 Å². The molecule has 2 N–H and O–H groups in total. The zero-order chi connectivity index (χ0) is 26.7. The maximum atomic E-state index is 12.0. The third kappa shape index (κ3) is 5.75. The Bertz CT molecular complexity index is 1240. The first kappa shape index (κ1) is 26.6. The maximum Gasteiger partial charge on any atom is 0.219 e. The zero-order valence-electron chi connectivity index (χ0n) is 22.4. The number of hydrogen-bond acceptors (Lipinski definition) is 9. The van der Waals surface area contributed by atoms with Gasteiger partial charge in [-0.2, -0.15) is 0 Å². The molecule has 1 aliphatic rings. The van der Waals surface area contributed by atoms with Gasteiger partial charge in [0.25, 0.3) is 0 Å². The van der Waals surface area contributed by atoms with E-state index in [1.165, 1.54) is 0 Å². The molecular weight excluding hydrogens is 472 g/mol. The van der Waals surface area contributed by atoms with Crippen molar-refractivity contribution in [3.63, 3.8) is 0 Å². The van der Waals surface area contributed by atoms with Crippen molar-refractivity contribution >= 4 is 11.7 Å². The van der Waals surface area contributed by atoms with E-state index in [9.17, 15) is 9.90 Å². The summed E-state index contributed by atoms with van der Waals surface area (Å²) in [6.07, 6.45) is 0.256. The number of aryl methyl sites for hydroxylation is 2. The van der Waals surface area contributed by atoms with Gasteiger partial charge in [-0.3, -0.25) is 4.79 Å². The van der Waals surface area contributed by atoms with Gasteiger partial charge in [-0.25, -0.2) is 9.97 Å². The number of hydrogen-bond donors (Lipinski definition) is 2. The molecule has 0 radical (unpaired) electrons. The van der Waals surface area contributed by atoms with E-state index in [1.807, 2.05) is 52.1 Å². The molecule has 0 saturated carbocycles. The number of ether oxygens (including phenoxy) is 1. The average molecular weight is 509 g/mol. The fourth-order valence-electron chi connectivity index (χ4n) is 4.73. The lowest BCUT2D eigenvalue weighted by molar-refractivity contribution is -0.129. The molecule has 1 unspecified atom stereocenters. The largest absolute Gasteiger partial charge is 0.491 e. The summed E-state index contributed by atoms with van der Waals surface area (Å²) >= 11 is 0. The number of aliphatic hydroxyl groups is 1. The van der Waals surface area contributed by atoms with Crippen LogP contribution in [0.2, 0.25) is 0 Å². The molecule has 1 fully saturated rings. The molecule has 0 spiro atoms. The van der Waals surface area contributed by atoms with Crippen LogP contribution in [0.5, 0.6) is 5.75 Å². The summed E-state index contributed by atoms with van der Waals surface area (Å²) in [5, 5.41) is 17.1. The summed E-state index contributed by atoms with van der Waals surface area (Å²) in [6.45, 7) is 9.51. The molecule has 2 aromatic heterocycles. The average Bonchev–Trinajstić information content (AvgIpc) is 3.49. The molecule has 10 nitrogen and oxygen atoms in total. The first-order valence-electron chi connectivity index (χ1n) is 12.6. The van der Waals surface area contributed by atoms with Gasteiger partial charge in [0.2, 0.25) is 5.91 Å². The first-order valence-corrected chi connectivity index (χ1v) is 12.6. The topological polar surface area (TPSA) is 117 Å². The number of aromatic nitrogens is 3. The maximum absolute atomic E-state index is 12.0. The number of carbonyl (C=O) groups excluding carboxylic acids is 1. The molecule has 3 heterocycles. The Kier molecular flexibility index (Phi) is 8.09. The van der Waals surface area contributed by atoms with Gasteiger partial charge >= 0.3 is 0 Å². The van der Waals surface area contributed by atoms with Gasteiger partial charge in [0.1, 0.15) is 30.0 Å². The van der Waals surface area contributed by atoms with Crippen molar-refractivity contribution in [2.45, 2.75) is 46.3 Å². The molecule has 0 aliphatic carbocycles. The van der Waals surface area contributed by atoms with Crippen molar-refractivity contribution in [2.75, 3.05) is 45.2 Å². The van der Waals surface area contributed by atoms with Crippen LogP contribution >= 0.6 is 0 Å². The number of carbonyl (C=O) groups is 1.